The molecule has 7 nitrogen and oxygen atoms in total. The highest BCUT2D eigenvalue weighted by Crippen LogP contribution is 2.68. The quantitative estimate of drug-likeness (QED) is 0.570. The molecule has 0 bridgehead atoms. The number of fused-ring (bicyclic) bond motifs is 1. The second-order valence-electron chi connectivity index (χ2n) is 8.23. The lowest BCUT2D eigenvalue weighted by Gasteiger charge is -2.33. The van der Waals surface area contributed by atoms with Crippen LogP contribution in [-0.2, 0) is 15.4 Å². The summed E-state index contributed by atoms with van der Waals surface area (Å²) in [6, 6.07) is 4.08. The molecule has 0 amide bonds. The van der Waals surface area contributed by atoms with Crippen molar-refractivity contribution in [2.75, 3.05) is 12.9 Å². The smallest absolute Gasteiger partial charge is 0.233 e. The van der Waals surface area contributed by atoms with Gasteiger partial charge in [0, 0.05) is 17.7 Å². The summed E-state index contributed by atoms with van der Waals surface area (Å²) in [5.74, 6) is 3.89. The van der Waals surface area contributed by atoms with Crippen LogP contribution in [0.5, 0.6) is 5.88 Å². The van der Waals surface area contributed by atoms with Crippen molar-refractivity contribution in [1.29, 1.82) is 0 Å². The largest absolute Gasteiger partial charge is 0.463 e. The van der Waals surface area contributed by atoms with Gasteiger partial charge in [0.15, 0.2) is 27.4 Å². The number of hydrogen-bond acceptors (Lipinski definition) is 8. The molecule has 1 aliphatic carbocycles. The third kappa shape index (κ3) is 4.90. The molecule has 2 aliphatic rings. The van der Waals surface area contributed by atoms with Gasteiger partial charge >= 0.3 is 0 Å². The first-order valence-corrected chi connectivity index (χ1v) is 13.0. The molecule has 0 unspecified atom stereocenters. The van der Waals surface area contributed by atoms with E-state index in [9.17, 15) is 17.2 Å². The number of amidine groups is 1. The monoisotopic (exact) mass is 520 g/mol. The van der Waals surface area contributed by atoms with Gasteiger partial charge in [-0.05, 0) is 44.0 Å². The summed E-state index contributed by atoms with van der Waals surface area (Å²) >= 11 is 1.00. The van der Waals surface area contributed by atoms with Crippen molar-refractivity contribution >= 4 is 38.7 Å². The van der Waals surface area contributed by atoms with Gasteiger partial charge in [0.1, 0.15) is 15.6 Å². The molecule has 35 heavy (non-hydrogen) atoms. The highest BCUT2D eigenvalue weighted by molar-refractivity contribution is 8.24. The van der Waals surface area contributed by atoms with Crippen molar-refractivity contribution in [2.24, 2.45) is 16.6 Å². The average Bonchev–Trinajstić information content (AvgIpc) is 3.53. The fourth-order valence-corrected chi connectivity index (χ4v) is 7.43. The number of nitrogens with zero attached hydrogens (tertiary/aromatic N) is 3. The van der Waals surface area contributed by atoms with Crippen molar-refractivity contribution < 1.29 is 21.9 Å². The van der Waals surface area contributed by atoms with E-state index in [0.717, 1.165) is 18.0 Å². The van der Waals surface area contributed by atoms with Crippen LogP contribution in [-0.4, -0.2) is 40.5 Å². The Labute approximate surface area is 208 Å². The van der Waals surface area contributed by atoms with Crippen molar-refractivity contribution in [3.8, 4) is 17.7 Å². The van der Waals surface area contributed by atoms with Crippen LogP contribution < -0.4 is 10.5 Å². The molecule has 1 fully saturated rings. The number of hydrogen-bond donors (Lipinski definition) is 1. The van der Waals surface area contributed by atoms with E-state index in [1.165, 1.54) is 36.7 Å². The van der Waals surface area contributed by atoms with E-state index in [1.807, 2.05) is 0 Å². The van der Waals surface area contributed by atoms with E-state index in [4.69, 9.17) is 10.5 Å². The molecule has 3 atom stereocenters. The Morgan fingerprint density at radius 3 is 2.74 bits per heavy atom. The third-order valence-corrected chi connectivity index (χ3v) is 9.92. The molecule has 2 aromatic rings. The number of ether oxygens (including phenoxy) is 1. The van der Waals surface area contributed by atoms with Gasteiger partial charge in [0.25, 0.3) is 0 Å². The molecule has 1 aromatic carbocycles. The van der Waals surface area contributed by atoms with Crippen LogP contribution in [0.3, 0.4) is 0 Å². The average molecular weight is 521 g/mol. The van der Waals surface area contributed by atoms with Crippen molar-refractivity contribution in [2.45, 2.75) is 37.3 Å². The highest BCUT2D eigenvalue weighted by atomic mass is 32.3. The van der Waals surface area contributed by atoms with Crippen LogP contribution in [0.25, 0.3) is 11.9 Å². The normalized spacial score (nSPS) is 25.3. The van der Waals surface area contributed by atoms with Crippen LogP contribution in [0.15, 0.2) is 35.6 Å². The molecule has 1 saturated carbocycles. The van der Waals surface area contributed by atoms with E-state index >= 15 is 0 Å². The summed E-state index contributed by atoms with van der Waals surface area (Å²) in [5.41, 5.74) is 5.24. The summed E-state index contributed by atoms with van der Waals surface area (Å²) < 4.78 is 58.9. The van der Waals surface area contributed by atoms with E-state index < -0.39 is 37.0 Å². The first-order chi connectivity index (χ1) is 16.0. The lowest BCUT2D eigenvalue weighted by molar-refractivity contribution is 0.353. The first kappa shape index (κ1) is 26.6. The van der Waals surface area contributed by atoms with Gasteiger partial charge in [-0.1, -0.05) is 31.2 Å². The first-order valence-electron chi connectivity index (χ1n) is 10.3. The Kier molecular flexibility index (Phi) is 7.29. The summed E-state index contributed by atoms with van der Waals surface area (Å²) in [6.07, 6.45) is 5.16. The van der Waals surface area contributed by atoms with Gasteiger partial charge in [-0.2, -0.15) is 0 Å². The SMILES string of the molecule is C.CC#CCOc1cnc(/C(F)=C/c2ccc(F)c([C@@]3(C)N=C(N)S[C@@]4(S(C)(=O)=O)C[C@H]43)c2)cn1. The number of benzene rings is 1. The molecule has 186 valence electrons. The Morgan fingerprint density at radius 1 is 1.37 bits per heavy atom. The van der Waals surface area contributed by atoms with Gasteiger partial charge in [-0.25, -0.2) is 27.2 Å². The van der Waals surface area contributed by atoms with Gasteiger partial charge in [-0.3, -0.25) is 4.99 Å². The molecular weight excluding hydrogens is 494 g/mol. The van der Waals surface area contributed by atoms with Crippen LogP contribution in [0, 0.1) is 23.6 Å². The van der Waals surface area contributed by atoms with E-state index in [0.29, 0.717) is 12.0 Å². The Hall–Kier alpha value is -2.97. The predicted molar refractivity (Wildman–Crippen MR) is 135 cm³/mol. The lowest BCUT2D eigenvalue weighted by atomic mass is 9.86. The maximum Gasteiger partial charge on any atom is 0.233 e. The third-order valence-electron chi connectivity index (χ3n) is 5.96. The van der Waals surface area contributed by atoms with Gasteiger partial charge in [-0.15, -0.1) is 5.92 Å². The lowest BCUT2D eigenvalue weighted by Crippen LogP contribution is -2.39. The fourth-order valence-electron chi connectivity index (χ4n) is 4.14. The molecule has 0 saturated heterocycles. The molecule has 1 aromatic heterocycles. The number of aliphatic imine (C=N–C) groups is 1. The van der Waals surface area contributed by atoms with Gasteiger partial charge in [0.05, 0.1) is 17.9 Å². The fraction of sp³-hybridized carbons (Fsp3) is 0.375. The number of sulfone groups is 1. The summed E-state index contributed by atoms with van der Waals surface area (Å²) in [6.45, 7) is 3.49. The maximum atomic E-state index is 14.9. The number of halogens is 2. The van der Waals surface area contributed by atoms with Crippen molar-refractivity contribution in [3.05, 3.63) is 53.2 Å². The Bertz CT molecular complexity index is 1370. The molecular formula is C24H26F2N4O3S2. The summed E-state index contributed by atoms with van der Waals surface area (Å²) in [7, 11) is -3.48. The van der Waals surface area contributed by atoms with E-state index in [-0.39, 0.29) is 36.3 Å². The molecule has 0 radical (unpaired) electrons. The zero-order valence-corrected chi connectivity index (χ0v) is 20.3. The summed E-state index contributed by atoms with van der Waals surface area (Å²) in [5, 5.41) is 0.0794. The zero-order valence-electron chi connectivity index (χ0n) is 18.7. The Morgan fingerprint density at radius 2 is 2.11 bits per heavy atom. The molecule has 4 rings (SSSR count). The minimum atomic E-state index is -3.48. The molecule has 2 N–H and O–H groups in total. The molecule has 11 heteroatoms. The number of thioether (sulfide) groups is 1. The van der Waals surface area contributed by atoms with E-state index in [1.54, 1.807) is 13.8 Å². The summed E-state index contributed by atoms with van der Waals surface area (Å²) in [4.78, 5) is 12.4. The van der Waals surface area contributed by atoms with Gasteiger partial charge < -0.3 is 10.5 Å². The minimum Gasteiger partial charge on any atom is -0.463 e. The number of aromatic nitrogens is 2. The van der Waals surface area contributed by atoms with Crippen LogP contribution in [0.1, 0.15) is 44.5 Å². The standard InChI is InChI=1S/C23H22F2N4O3S2.CH4/c1-4-5-8-32-20-13-27-18(12-28-20)17(25)10-14-6-7-16(24)15(9-14)22(2)19-11-23(19,34(3,30)31)33-21(26)29-22;/h6-7,9-10,12-13,19H,8,11H2,1-3H3,(H2,26,29);1H4/b17-10-;/t19-,22+,23+;/m0./s1. The van der Waals surface area contributed by atoms with Crippen LogP contribution in [0.4, 0.5) is 8.78 Å². The number of rotatable bonds is 6. The number of nitrogens with two attached hydrogens (primary N) is 1. The topological polar surface area (TPSA) is 108 Å². The second-order valence-corrected chi connectivity index (χ2v) is 12.1. The minimum absolute atomic E-state index is 0. The highest BCUT2D eigenvalue weighted by Gasteiger charge is 2.72. The van der Waals surface area contributed by atoms with Gasteiger partial charge in [0.2, 0.25) is 5.88 Å². The van der Waals surface area contributed by atoms with Crippen LogP contribution in [0.2, 0.25) is 0 Å². The maximum absolute atomic E-state index is 14.9. The molecule has 2 heterocycles. The van der Waals surface area contributed by atoms with E-state index in [2.05, 4.69) is 26.8 Å². The zero-order chi connectivity index (χ0) is 24.7. The van der Waals surface area contributed by atoms with Crippen molar-refractivity contribution in [1.82, 2.24) is 9.97 Å². The van der Waals surface area contributed by atoms with Crippen LogP contribution >= 0.6 is 11.8 Å². The molecule has 1 aliphatic heterocycles. The molecule has 0 spiro atoms. The second kappa shape index (κ2) is 9.59. The predicted octanol–water partition coefficient (Wildman–Crippen LogP) is 4.16. The van der Waals surface area contributed by atoms with Crippen molar-refractivity contribution in [3.63, 3.8) is 0 Å². The Balaban J connectivity index is 0.00000342.